The molecule has 0 aliphatic carbocycles. The Balaban J connectivity index is 1.97. The molecule has 8 heteroatoms. The number of rotatable bonds is 5. The van der Waals surface area contributed by atoms with Crippen molar-refractivity contribution in [2.24, 2.45) is 0 Å². The number of imidazole rings is 1. The fourth-order valence-electron chi connectivity index (χ4n) is 3.09. The van der Waals surface area contributed by atoms with Crippen LogP contribution in [-0.2, 0) is 16.6 Å². The zero-order chi connectivity index (χ0) is 17.3. The van der Waals surface area contributed by atoms with Gasteiger partial charge in [0.1, 0.15) is 11.6 Å². The van der Waals surface area contributed by atoms with E-state index in [-0.39, 0.29) is 6.04 Å². The summed E-state index contributed by atoms with van der Waals surface area (Å²) in [5, 5.41) is 0. The summed E-state index contributed by atoms with van der Waals surface area (Å²) < 4.78 is 29.8. The van der Waals surface area contributed by atoms with Crippen LogP contribution in [0.5, 0.6) is 0 Å². The highest BCUT2D eigenvalue weighted by molar-refractivity contribution is 7.86. The molecule has 1 aliphatic heterocycles. The van der Waals surface area contributed by atoms with Gasteiger partial charge in [-0.2, -0.15) is 17.0 Å². The van der Waals surface area contributed by atoms with E-state index < -0.39 is 10.2 Å². The molecule has 3 rings (SSSR count). The van der Waals surface area contributed by atoms with E-state index in [0.717, 1.165) is 36.6 Å². The molecule has 0 bridgehead atoms. The van der Waals surface area contributed by atoms with Crippen molar-refractivity contribution in [2.45, 2.75) is 32.2 Å². The Bertz CT molecular complexity index is 815. The molecule has 2 aromatic heterocycles. The highest BCUT2D eigenvalue weighted by atomic mass is 32.2. The molecule has 0 unspecified atom stereocenters. The number of aryl methyl sites for hydroxylation is 1. The van der Waals surface area contributed by atoms with Crippen molar-refractivity contribution < 1.29 is 8.42 Å². The summed E-state index contributed by atoms with van der Waals surface area (Å²) in [7, 11) is -0.320. The van der Waals surface area contributed by atoms with Crippen molar-refractivity contribution in [3.8, 4) is 5.82 Å². The number of pyridine rings is 1. The minimum absolute atomic E-state index is 0.217. The number of aromatic nitrogens is 3. The molecule has 0 radical (unpaired) electrons. The summed E-state index contributed by atoms with van der Waals surface area (Å²) >= 11 is 0. The first-order chi connectivity index (χ1) is 11.4. The highest BCUT2D eigenvalue weighted by Gasteiger charge is 2.37. The van der Waals surface area contributed by atoms with Gasteiger partial charge in [0.2, 0.25) is 0 Å². The van der Waals surface area contributed by atoms with Gasteiger partial charge >= 0.3 is 0 Å². The van der Waals surface area contributed by atoms with Crippen LogP contribution in [0.2, 0.25) is 0 Å². The van der Waals surface area contributed by atoms with E-state index in [0.29, 0.717) is 6.54 Å². The van der Waals surface area contributed by atoms with Gasteiger partial charge in [-0.1, -0.05) is 13.0 Å². The minimum atomic E-state index is -3.45. The summed E-state index contributed by atoms with van der Waals surface area (Å²) in [6, 6.07) is 5.53. The lowest BCUT2D eigenvalue weighted by atomic mass is 10.1. The molecule has 0 amide bonds. The maximum Gasteiger partial charge on any atom is 0.282 e. The highest BCUT2D eigenvalue weighted by Crippen LogP contribution is 2.34. The second kappa shape index (κ2) is 6.62. The standard InChI is InChI=1S/C16H23N5O2S/c1-4-15-17-10-12-20(15)16-9-5-7-13(18-16)14-8-6-11-21(14)24(22,23)19(2)3/h5,7,9-10,12,14H,4,6,8,11H2,1-3H3/t14-/m1/s1. The van der Waals surface area contributed by atoms with E-state index in [1.807, 2.05) is 35.9 Å². The Morgan fingerprint density at radius 3 is 2.83 bits per heavy atom. The fourth-order valence-corrected chi connectivity index (χ4v) is 4.40. The molecule has 0 N–H and O–H groups in total. The van der Waals surface area contributed by atoms with E-state index in [1.54, 1.807) is 24.6 Å². The van der Waals surface area contributed by atoms with Crippen LogP contribution in [0.15, 0.2) is 30.6 Å². The molecule has 0 spiro atoms. The molecule has 2 aromatic rings. The van der Waals surface area contributed by atoms with Crippen molar-refractivity contribution in [2.75, 3.05) is 20.6 Å². The van der Waals surface area contributed by atoms with Crippen LogP contribution in [0.1, 0.15) is 37.3 Å². The normalized spacial score (nSPS) is 19.2. The third kappa shape index (κ3) is 2.97. The predicted molar refractivity (Wildman–Crippen MR) is 92.0 cm³/mol. The fraction of sp³-hybridized carbons (Fsp3) is 0.500. The lowest BCUT2D eigenvalue weighted by Crippen LogP contribution is -2.39. The first-order valence-electron chi connectivity index (χ1n) is 8.14. The minimum Gasteiger partial charge on any atom is -0.288 e. The van der Waals surface area contributed by atoms with E-state index >= 15 is 0 Å². The smallest absolute Gasteiger partial charge is 0.282 e. The van der Waals surface area contributed by atoms with Gasteiger partial charge in [0.15, 0.2) is 0 Å². The van der Waals surface area contributed by atoms with Crippen LogP contribution in [0, 0.1) is 0 Å². The number of nitrogens with zero attached hydrogens (tertiary/aromatic N) is 5. The average molecular weight is 349 g/mol. The molecule has 7 nitrogen and oxygen atoms in total. The van der Waals surface area contributed by atoms with Crippen molar-refractivity contribution in [1.82, 2.24) is 23.1 Å². The van der Waals surface area contributed by atoms with Gasteiger partial charge in [0.05, 0.1) is 11.7 Å². The predicted octanol–water partition coefficient (Wildman–Crippen LogP) is 1.77. The molecular weight excluding hydrogens is 326 g/mol. The van der Waals surface area contributed by atoms with Crippen LogP contribution in [0.3, 0.4) is 0 Å². The summed E-state index contributed by atoms with van der Waals surface area (Å²) in [6.07, 6.45) is 6.08. The molecule has 0 aromatic carbocycles. The van der Waals surface area contributed by atoms with Gasteiger partial charge in [0, 0.05) is 39.5 Å². The summed E-state index contributed by atoms with van der Waals surface area (Å²) in [5.74, 6) is 1.71. The zero-order valence-electron chi connectivity index (χ0n) is 14.3. The molecule has 1 aliphatic rings. The van der Waals surface area contributed by atoms with Gasteiger partial charge in [-0.25, -0.2) is 9.97 Å². The Morgan fingerprint density at radius 2 is 2.12 bits per heavy atom. The molecule has 1 fully saturated rings. The maximum absolute atomic E-state index is 12.5. The maximum atomic E-state index is 12.5. The Kier molecular flexibility index (Phi) is 4.71. The van der Waals surface area contributed by atoms with Gasteiger partial charge < -0.3 is 0 Å². The summed E-state index contributed by atoms with van der Waals surface area (Å²) in [5.41, 5.74) is 0.783. The van der Waals surface area contributed by atoms with Crippen LogP contribution in [0.4, 0.5) is 0 Å². The lowest BCUT2D eigenvalue weighted by molar-refractivity contribution is 0.358. The van der Waals surface area contributed by atoms with E-state index in [1.165, 1.54) is 4.31 Å². The third-order valence-electron chi connectivity index (χ3n) is 4.34. The molecule has 24 heavy (non-hydrogen) atoms. The van der Waals surface area contributed by atoms with Crippen LogP contribution in [0.25, 0.3) is 5.82 Å². The number of hydrogen-bond acceptors (Lipinski definition) is 4. The number of hydrogen-bond donors (Lipinski definition) is 0. The van der Waals surface area contributed by atoms with Gasteiger partial charge in [-0.3, -0.25) is 4.57 Å². The average Bonchev–Trinajstić information content (AvgIpc) is 3.24. The molecule has 0 saturated carbocycles. The summed E-state index contributed by atoms with van der Waals surface area (Å²) in [4.78, 5) is 9.05. The molecule has 1 saturated heterocycles. The molecule has 1 atom stereocenters. The first kappa shape index (κ1) is 17.1. The van der Waals surface area contributed by atoms with Crippen LogP contribution < -0.4 is 0 Å². The molecular formula is C16H23N5O2S. The third-order valence-corrected chi connectivity index (χ3v) is 6.29. The largest absolute Gasteiger partial charge is 0.288 e. The SMILES string of the molecule is CCc1nccn1-c1cccc([C@H]2CCCN2S(=O)(=O)N(C)C)n1. The second-order valence-corrected chi connectivity index (χ2v) is 8.14. The van der Waals surface area contributed by atoms with Gasteiger partial charge in [-0.15, -0.1) is 0 Å². The Hall–Kier alpha value is -1.77. The second-order valence-electron chi connectivity index (χ2n) is 6.05. The van der Waals surface area contributed by atoms with Crippen LogP contribution in [-0.4, -0.2) is 52.2 Å². The van der Waals surface area contributed by atoms with Gasteiger partial charge in [0.25, 0.3) is 10.2 Å². The topological polar surface area (TPSA) is 71.3 Å². The summed E-state index contributed by atoms with van der Waals surface area (Å²) in [6.45, 7) is 2.58. The van der Waals surface area contributed by atoms with E-state index in [9.17, 15) is 8.42 Å². The zero-order valence-corrected chi connectivity index (χ0v) is 15.1. The van der Waals surface area contributed by atoms with E-state index in [4.69, 9.17) is 4.98 Å². The van der Waals surface area contributed by atoms with Crippen molar-refractivity contribution >= 4 is 10.2 Å². The van der Waals surface area contributed by atoms with Crippen molar-refractivity contribution in [3.63, 3.8) is 0 Å². The Labute approximate surface area is 143 Å². The molecule has 3 heterocycles. The van der Waals surface area contributed by atoms with E-state index in [2.05, 4.69) is 4.98 Å². The quantitative estimate of drug-likeness (QED) is 0.825. The van der Waals surface area contributed by atoms with Crippen LogP contribution >= 0.6 is 0 Å². The Morgan fingerprint density at radius 1 is 1.33 bits per heavy atom. The molecule has 130 valence electrons. The first-order valence-corrected chi connectivity index (χ1v) is 9.53. The lowest BCUT2D eigenvalue weighted by Gasteiger charge is -2.26. The van der Waals surface area contributed by atoms with Crippen molar-refractivity contribution in [1.29, 1.82) is 0 Å². The van der Waals surface area contributed by atoms with Crippen molar-refractivity contribution in [3.05, 3.63) is 42.1 Å². The van der Waals surface area contributed by atoms with Gasteiger partial charge in [-0.05, 0) is 25.0 Å². The monoisotopic (exact) mass is 349 g/mol.